The van der Waals surface area contributed by atoms with E-state index in [1.165, 1.54) is 17.4 Å². The van der Waals surface area contributed by atoms with Crippen molar-refractivity contribution in [3.63, 3.8) is 0 Å². The van der Waals surface area contributed by atoms with E-state index in [1.54, 1.807) is 23.7 Å². The van der Waals surface area contributed by atoms with Crippen molar-refractivity contribution in [1.29, 1.82) is 0 Å². The molecule has 8 heteroatoms. The average molecular weight is 409 g/mol. The molecule has 0 bridgehead atoms. The Labute approximate surface area is 170 Å². The number of nitrogens with zero attached hydrogens (tertiary/aromatic N) is 3. The highest BCUT2D eigenvalue weighted by Gasteiger charge is 2.18. The zero-order valence-corrected chi connectivity index (χ0v) is 16.7. The summed E-state index contributed by atoms with van der Waals surface area (Å²) in [6.45, 7) is 3.80. The van der Waals surface area contributed by atoms with E-state index < -0.39 is 5.82 Å². The molecule has 0 unspecified atom stereocenters. The van der Waals surface area contributed by atoms with Crippen molar-refractivity contribution >= 4 is 38.8 Å². The predicted molar refractivity (Wildman–Crippen MR) is 112 cm³/mol. The maximum atomic E-state index is 14.3. The molecule has 148 valence electrons. The summed E-state index contributed by atoms with van der Waals surface area (Å²) in [4.78, 5) is 23.1. The molecular weight excluding hydrogens is 389 g/mol. The Hall–Kier alpha value is -2.84. The molecule has 0 aromatic carbocycles. The molecule has 1 saturated heterocycles. The number of halogens is 1. The molecular formula is C21H20FN5OS. The highest BCUT2D eigenvalue weighted by molar-refractivity contribution is 7.20. The van der Waals surface area contributed by atoms with Crippen molar-refractivity contribution in [3.05, 3.63) is 58.7 Å². The molecule has 0 radical (unpaired) electrons. The summed E-state index contributed by atoms with van der Waals surface area (Å²) in [7, 11) is 0. The van der Waals surface area contributed by atoms with Crippen LogP contribution >= 0.6 is 11.3 Å². The van der Waals surface area contributed by atoms with E-state index in [4.69, 9.17) is 4.98 Å². The number of pyridine rings is 2. The van der Waals surface area contributed by atoms with Gasteiger partial charge in [-0.2, -0.15) is 0 Å². The molecule has 0 aliphatic carbocycles. The number of nitrogens with one attached hydrogen (secondary N) is 2. The van der Waals surface area contributed by atoms with Crippen molar-refractivity contribution in [2.24, 2.45) is 0 Å². The first-order chi connectivity index (χ1) is 14.1. The summed E-state index contributed by atoms with van der Waals surface area (Å²) in [6, 6.07) is 7.21. The van der Waals surface area contributed by atoms with E-state index in [0.717, 1.165) is 41.8 Å². The SMILES string of the molecule is Cc1cn2cc(NC(=O)c3cc4ccc([C@@H]5CCCNC5)nc4s3)cc(F)c2n1. The van der Waals surface area contributed by atoms with Crippen molar-refractivity contribution in [2.45, 2.75) is 25.7 Å². The number of carbonyl (C=O) groups excluding carboxylic acids is 1. The lowest BCUT2D eigenvalue weighted by Gasteiger charge is -2.22. The molecule has 2 N–H and O–H groups in total. The van der Waals surface area contributed by atoms with Gasteiger partial charge in [0, 0.05) is 42.0 Å². The Bertz CT molecular complexity index is 1220. The van der Waals surface area contributed by atoms with Crippen LogP contribution in [-0.2, 0) is 0 Å². The number of hydrogen-bond acceptors (Lipinski definition) is 5. The van der Waals surface area contributed by atoms with Crippen LogP contribution in [0.1, 0.15) is 39.8 Å². The molecule has 1 fully saturated rings. The molecule has 1 atom stereocenters. The number of hydrogen-bond donors (Lipinski definition) is 2. The molecule has 4 aromatic rings. The van der Waals surface area contributed by atoms with Crippen LogP contribution in [0, 0.1) is 12.7 Å². The smallest absolute Gasteiger partial charge is 0.265 e. The van der Waals surface area contributed by atoms with Gasteiger partial charge in [-0.25, -0.2) is 14.4 Å². The van der Waals surface area contributed by atoms with E-state index in [1.807, 2.05) is 12.1 Å². The summed E-state index contributed by atoms with van der Waals surface area (Å²) in [5.74, 6) is -0.329. The minimum absolute atomic E-state index is 0.247. The van der Waals surface area contributed by atoms with Crippen LogP contribution in [-0.4, -0.2) is 33.4 Å². The predicted octanol–water partition coefficient (Wildman–Crippen LogP) is 4.11. The summed E-state index contributed by atoms with van der Waals surface area (Å²) in [6.07, 6.45) is 5.67. The van der Waals surface area contributed by atoms with E-state index >= 15 is 0 Å². The number of aromatic nitrogens is 3. The maximum absolute atomic E-state index is 14.3. The summed E-state index contributed by atoms with van der Waals surface area (Å²) < 4.78 is 15.8. The number of fused-ring (bicyclic) bond motifs is 2. The molecule has 4 aromatic heterocycles. The monoisotopic (exact) mass is 409 g/mol. The lowest BCUT2D eigenvalue weighted by molar-refractivity contribution is 0.103. The van der Waals surface area contributed by atoms with Gasteiger partial charge in [-0.1, -0.05) is 6.07 Å². The van der Waals surface area contributed by atoms with Gasteiger partial charge in [0.05, 0.1) is 16.3 Å². The van der Waals surface area contributed by atoms with Gasteiger partial charge < -0.3 is 15.0 Å². The second-order valence-corrected chi connectivity index (χ2v) is 8.46. The van der Waals surface area contributed by atoms with Gasteiger partial charge in [-0.05, 0) is 38.4 Å². The molecule has 1 aliphatic heterocycles. The van der Waals surface area contributed by atoms with Crippen LogP contribution in [0.15, 0.2) is 36.7 Å². The first kappa shape index (κ1) is 18.2. The van der Waals surface area contributed by atoms with E-state index in [-0.39, 0.29) is 11.6 Å². The first-order valence-corrected chi connectivity index (χ1v) is 10.5. The van der Waals surface area contributed by atoms with Crippen LogP contribution in [0.3, 0.4) is 0 Å². The Balaban J connectivity index is 1.40. The number of piperidine rings is 1. The third-order valence-corrected chi connectivity index (χ3v) is 6.27. The number of imidazole rings is 1. The molecule has 1 aliphatic rings. The highest BCUT2D eigenvalue weighted by atomic mass is 32.1. The number of amides is 1. The normalized spacial score (nSPS) is 17.1. The van der Waals surface area contributed by atoms with Crippen molar-refractivity contribution in [3.8, 4) is 0 Å². The fourth-order valence-electron chi connectivity index (χ4n) is 3.82. The number of carbonyl (C=O) groups is 1. The van der Waals surface area contributed by atoms with Crippen LogP contribution in [0.4, 0.5) is 10.1 Å². The number of aryl methyl sites for hydroxylation is 1. The van der Waals surface area contributed by atoms with Gasteiger partial charge in [0.25, 0.3) is 5.91 Å². The molecule has 1 amide bonds. The quantitative estimate of drug-likeness (QED) is 0.534. The molecule has 6 nitrogen and oxygen atoms in total. The number of rotatable bonds is 3. The Kier molecular flexibility index (Phi) is 4.52. The fourth-order valence-corrected chi connectivity index (χ4v) is 4.75. The lowest BCUT2D eigenvalue weighted by atomic mass is 9.95. The molecule has 0 saturated carbocycles. The van der Waals surface area contributed by atoms with Gasteiger partial charge in [0.15, 0.2) is 11.5 Å². The molecule has 5 rings (SSSR count). The van der Waals surface area contributed by atoms with Crippen molar-refractivity contribution < 1.29 is 9.18 Å². The highest BCUT2D eigenvalue weighted by Crippen LogP contribution is 2.29. The third kappa shape index (κ3) is 3.49. The first-order valence-electron chi connectivity index (χ1n) is 9.64. The Morgan fingerprint density at radius 3 is 3.03 bits per heavy atom. The van der Waals surface area contributed by atoms with Crippen LogP contribution < -0.4 is 10.6 Å². The molecule has 29 heavy (non-hydrogen) atoms. The van der Waals surface area contributed by atoms with Crippen LogP contribution in [0.5, 0.6) is 0 Å². The van der Waals surface area contributed by atoms with Gasteiger partial charge in [0.1, 0.15) is 4.83 Å². The minimum Gasteiger partial charge on any atom is -0.320 e. The van der Waals surface area contributed by atoms with Crippen LogP contribution in [0.25, 0.3) is 15.9 Å². The zero-order valence-electron chi connectivity index (χ0n) is 15.9. The van der Waals surface area contributed by atoms with E-state index in [9.17, 15) is 9.18 Å². The average Bonchev–Trinajstić information content (AvgIpc) is 3.31. The molecule has 5 heterocycles. The van der Waals surface area contributed by atoms with Gasteiger partial charge in [-0.15, -0.1) is 11.3 Å². The summed E-state index contributed by atoms with van der Waals surface area (Å²) in [5.41, 5.74) is 2.42. The van der Waals surface area contributed by atoms with Crippen LogP contribution in [0.2, 0.25) is 0 Å². The van der Waals surface area contributed by atoms with Gasteiger partial charge >= 0.3 is 0 Å². The summed E-state index contributed by atoms with van der Waals surface area (Å²) >= 11 is 1.36. The van der Waals surface area contributed by atoms with E-state index in [2.05, 4.69) is 21.7 Å². The Morgan fingerprint density at radius 2 is 2.21 bits per heavy atom. The molecule has 0 spiro atoms. The fraction of sp³-hybridized carbons (Fsp3) is 0.286. The second-order valence-electron chi connectivity index (χ2n) is 7.43. The van der Waals surface area contributed by atoms with Crippen molar-refractivity contribution in [1.82, 2.24) is 19.7 Å². The van der Waals surface area contributed by atoms with Gasteiger partial charge in [-0.3, -0.25) is 4.79 Å². The topological polar surface area (TPSA) is 71.3 Å². The largest absolute Gasteiger partial charge is 0.320 e. The number of thiophene rings is 1. The minimum atomic E-state index is -0.473. The lowest BCUT2D eigenvalue weighted by Crippen LogP contribution is -2.28. The van der Waals surface area contributed by atoms with E-state index in [0.29, 0.717) is 22.2 Å². The van der Waals surface area contributed by atoms with Gasteiger partial charge in [0.2, 0.25) is 0 Å². The second kappa shape index (κ2) is 7.20. The number of anilines is 1. The van der Waals surface area contributed by atoms with Crippen molar-refractivity contribution in [2.75, 3.05) is 18.4 Å². The standard InChI is InChI=1S/C21H20FN5OS/c1-12-10-27-11-15(8-16(22)19(27)24-12)25-20(28)18-7-13-4-5-17(26-21(13)29-18)14-3-2-6-23-9-14/h4-5,7-8,10-11,14,23H,2-3,6,9H2,1H3,(H,25,28)/t14-/m1/s1. The third-order valence-electron chi connectivity index (χ3n) is 5.23. The maximum Gasteiger partial charge on any atom is 0.265 e. The Morgan fingerprint density at radius 1 is 1.31 bits per heavy atom. The zero-order chi connectivity index (χ0) is 20.0. The summed E-state index contributed by atoms with van der Waals surface area (Å²) in [5, 5.41) is 7.14.